The van der Waals surface area contributed by atoms with Crippen molar-refractivity contribution in [3.63, 3.8) is 0 Å². The Labute approximate surface area is 72.7 Å². The van der Waals surface area contributed by atoms with Gasteiger partial charge in [0, 0.05) is 7.05 Å². The van der Waals surface area contributed by atoms with Crippen molar-refractivity contribution >= 4 is 5.69 Å². The molecule has 0 unspecified atom stereocenters. The van der Waals surface area contributed by atoms with Gasteiger partial charge in [-0.2, -0.15) is 0 Å². The summed E-state index contributed by atoms with van der Waals surface area (Å²) in [6.45, 7) is 2.03. The van der Waals surface area contributed by atoms with Crippen LogP contribution in [0.2, 0.25) is 0 Å². The minimum atomic E-state index is 0.883. The average Bonchev–Trinajstić information content (AvgIpc) is 2.09. The Bertz CT molecular complexity index is 261. The summed E-state index contributed by atoms with van der Waals surface area (Å²) in [4.78, 5) is 0. The maximum absolute atomic E-state index is 5.08. The molecule has 0 atom stereocenters. The van der Waals surface area contributed by atoms with Gasteiger partial charge >= 0.3 is 0 Å². The first-order valence-electron chi connectivity index (χ1n) is 3.85. The van der Waals surface area contributed by atoms with Crippen LogP contribution in [-0.4, -0.2) is 14.2 Å². The zero-order valence-corrected chi connectivity index (χ0v) is 7.64. The van der Waals surface area contributed by atoms with Crippen LogP contribution in [0.5, 0.6) is 5.75 Å². The largest absolute Gasteiger partial charge is 0.497 e. The molecule has 66 valence electrons. The molecule has 0 aliphatic carbocycles. The average molecular weight is 166 g/mol. The number of ether oxygens (including phenoxy) is 1. The third-order valence-electron chi connectivity index (χ3n) is 1.69. The normalized spacial score (nSPS) is 9.58. The van der Waals surface area contributed by atoms with Crippen LogP contribution in [0.4, 0.5) is 5.69 Å². The van der Waals surface area contributed by atoms with Crippen LogP contribution in [0, 0.1) is 6.92 Å². The van der Waals surface area contributed by atoms with E-state index in [-0.39, 0.29) is 0 Å². The monoisotopic (exact) mass is 166 g/mol. The lowest BCUT2D eigenvalue weighted by Gasteiger charge is -2.08. The number of hydrogen-bond acceptors (Lipinski definition) is 3. The first kappa shape index (κ1) is 8.87. The van der Waals surface area contributed by atoms with Crippen LogP contribution >= 0.6 is 0 Å². The van der Waals surface area contributed by atoms with Crippen LogP contribution in [0.1, 0.15) is 5.56 Å². The molecule has 0 heterocycles. The van der Waals surface area contributed by atoms with Crippen molar-refractivity contribution in [2.24, 2.45) is 0 Å². The number of methoxy groups -OCH3 is 1. The summed E-state index contributed by atoms with van der Waals surface area (Å²) in [5, 5.41) is 0. The lowest BCUT2D eigenvalue weighted by Crippen LogP contribution is -2.15. The zero-order chi connectivity index (χ0) is 8.97. The van der Waals surface area contributed by atoms with Gasteiger partial charge in [0.15, 0.2) is 0 Å². The highest BCUT2D eigenvalue weighted by Gasteiger charge is 1.97. The molecule has 1 rings (SSSR count). The molecule has 3 heteroatoms. The van der Waals surface area contributed by atoms with Gasteiger partial charge in [-0.25, -0.2) is 5.43 Å². The van der Waals surface area contributed by atoms with Crippen LogP contribution in [0.15, 0.2) is 18.2 Å². The van der Waals surface area contributed by atoms with E-state index in [2.05, 4.69) is 10.9 Å². The molecule has 0 amide bonds. The van der Waals surface area contributed by atoms with Gasteiger partial charge in [-0.15, -0.1) is 0 Å². The van der Waals surface area contributed by atoms with Crippen molar-refractivity contribution in [1.29, 1.82) is 0 Å². The molecule has 0 spiro atoms. The van der Waals surface area contributed by atoms with E-state index >= 15 is 0 Å². The maximum atomic E-state index is 5.08. The third kappa shape index (κ3) is 1.89. The Balaban J connectivity index is 2.87. The molecular weight excluding hydrogens is 152 g/mol. The summed E-state index contributed by atoms with van der Waals surface area (Å²) in [5.41, 5.74) is 8.12. The Morgan fingerprint density at radius 1 is 1.33 bits per heavy atom. The van der Waals surface area contributed by atoms with E-state index in [4.69, 9.17) is 4.74 Å². The van der Waals surface area contributed by atoms with Crippen molar-refractivity contribution < 1.29 is 4.74 Å². The van der Waals surface area contributed by atoms with Gasteiger partial charge < -0.3 is 10.2 Å². The predicted octanol–water partition coefficient (Wildman–Crippen LogP) is 1.55. The van der Waals surface area contributed by atoms with Crippen molar-refractivity contribution in [1.82, 2.24) is 5.43 Å². The predicted molar refractivity (Wildman–Crippen MR) is 50.4 cm³/mol. The summed E-state index contributed by atoms with van der Waals surface area (Å²) < 4.78 is 5.08. The second-order valence-electron chi connectivity index (χ2n) is 2.56. The molecule has 0 radical (unpaired) electrons. The molecule has 0 aliphatic heterocycles. The molecule has 0 aromatic heterocycles. The Kier molecular flexibility index (Phi) is 2.94. The minimum Gasteiger partial charge on any atom is -0.497 e. The van der Waals surface area contributed by atoms with Gasteiger partial charge in [-0.3, -0.25) is 0 Å². The summed E-state index contributed by atoms with van der Waals surface area (Å²) in [6, 6.07) is 5.89. The second kappa shape index (κ2) is 3.97. The van der Waals surface area contributed by atoms with E-state index < -0.39 is 0 Å². The van der Waals surface area contributed by atoms with Crippen LogP contribution in [-0.2, 0) is 0 Å². The highest BCUT2D eigenvalue weighted by Crippen LogP contribution is 2.19. The van der Waals surface area contributed by atoms with Gasteiger partial charge in [0.1, 0.15) is 5.75 Å². The number of hydrogen-bond donors (Lipinski definition) is 2. The number of rotatable bonds is 3. The number of anilines is 1. The highest BCUT2D eigenvalue weighted by molar-refractivity contribution is 5.52. The van der Waals surface area contributed by atoms with E-state index in [1.165, 1.54) is 0 Å². The van der Waals surface area contributed by atoms with E-state index in [1.54, 1.807) is 7.11 Å². The van der Waals surface area contributed by atoms with Gasteiger partial charge in [-0.05, 0) is 30.7 Å². The zero-order valence-electron chi connectivity index (χ0n) is 7.64. The number of benzene rings is 1. The topological polar surface area (TPSA) is 33.3 Å². The molecule has 1 aromatic carbocycles. The minimum absolute atomic E-state index is 0.883. The fourth-order valence-corrected chi connectivity index (χ4v) is 1.04. The van der Waals surface area contributed by atoms with Crippen molar-refractivity contribution in [3.8, 4) is 5.75 Å². The standard InChI is InChI=1S/C9H14N2O/c1-7-6-8(12-3)4-5-9(7)11-10-2/h4-6,10-11H,1-3H3. The highest BCUT2D eigenvalue weighted by atomic mass is 16.5. The lowest BCUT2D eigenvalue weighted by molar-refractivity contribution is 0.414. The van der Waals surface area contributed by atoms with E-state index in [0.29, 0.717) is 0 Å². The summed E-state index contributed by atoms with van der Waals surface area (Å²) >= 11 is 0. The SMILES string of the molecule is CNNc1ccc(OC)cc1C. The fourth-order valence-electron chi connectivity index (χ4n) is 1.04. The molecule has 2 N–H and O–H groups in total. The van der Waals surface area contributed by atoms with Gasteiger partial charge in [0.2, 0.25) is 0 Å². The first-order chi connectivity index (χ1) is 5.77. The van der Waals surface area contributed by atoms with Gasteiger partial charge in [0.05, 0.1) is 12.8 Å². The fraction of sp³-hybridized carbons (Fsp3) is 0.333. The number of nitrogens with one attached hydrogen (secondary N) is 2. The van der Waals surface area contributed by atoms with Gasteiger partial charge in [-0.1, -0.05) is 0 Å². The van der Waals surface area contributed by atoms with E-state index in [0.717, 1.165) is 17.0 Å². The molecule has 1 aromatic rings. The smallest absolute Gasteiger partial charge is 0.119 e. The van der Waals surface area contributed by atoms with E-state index in [9.17, 15) is 0 Å². The summed E-state index contributed by atoms with van der Waals surface area (Å²) in [7, 11) is 3.50. The first-order valence-corrected chi connectivity index (χ1v) is 3.85. The summed E-state index contributed by atoms with van der Waals surface area (Å²) in [6.07, 6.45) is 0. The Hall–Kier alpha value is -1.22. The van der Waals surface area contributed by atoms with Crippen molar-refractivity contribution in [2.45, 2.75) is 6.92 Å². The molecular formula is C9H14N2O. The third-order valence-corrected chi connectivity index (χ3v) is 1.69. The molecule has 0 bridgehead atoms. The van der Waals surface area contributed by atoms with Crippen molar-refractivity contribution in [3.05, 3.63) is 23.8 Å². The molecule has 0 saturated heterocycles. The van der Waals surface area contributed by atoms with Crippen LogP contribution in [0.3, 0.4) is 0 Å². The number of hydrazine groups is 1. The molecule has 0 aliphatic rings. The van der Waals surface area contributed by atoms with Gasteiger partial charge in [0.25, 0.3) is 0 Å². The molecule has 0 saturated carbocycles. The molecule has 3 nitrogen and oxygen atoms in total. The number of aryl methyl sites for hydroxylation is 1. The van der Waals surface area contributed by atoms with Crippen LogP contribution in [0.25, 0.3) is 0 Å². The lowest BCUT2D eigenvalue weighted by atomic mass is 10.2. The quantitative estimate of drug-likeness (QED) is 0.668. The molecule has 12 heavy (non-hydrogen) atoms. The Morgan fingerprint density at radius 2 is 2.08 bits per heavy atom. The molecule has 0 fully saturated rings. The second-order valence-corrected chi connectivity index (χ2v) is 2.56. The van der Waals surface area contributed by atoms with Crippen LogP contribution < -0.4 is 15.6 Å². The van der Waals surface area contributed by atoms with E-state index in [1.807, 2.05) is 32.2 Å². The summed E-state index contributed by atoms with van der Waals surface area (Å²) in [5.74, 6) is 0.883. The van der Waals surface area contributed by atoms with Crippen molar-refractivity contribution in [2.75, 3.05) is 19.6 Å². The maximum Gasteiger partial charge on any atom is 0.119 e. The Morgan fingerprint density at radius 3 is 2.58 bits per heavy atom.